The van der Waals surface area contributed by atoms with Gasteiger partial charge < -0.3 is 5.73 Å². The number of nitrogens with zero attached hydrogens (tertiary/aromatic N) is 1. The zero-order valence-electron chi connectivity index (χ0n) is 5.87. The fourth-order valence-electron chi connectivity index (χ4n) is 0.719. The summed E-state index contributed by atoms with van der Waals surface area (Å²) in [6.07, 6.45) is 1.48. The predicted molar refractivity (Wildman–Crippen MR) is 39.6 cm³/mol. The number of carbonyl (C=O) groups is 1. The van der Waals surface area contributed by atoms with Gasteiger partial charge >= 0.3 is 0 Å². The molecule has 0 bridgehead atoms. The molecule has 0 atom stereocenters. The van der Waals surface area contributed by atoms with E-state index in [1.165, 1.54) is 12.3 Å². The van der Waals surface area contributed by atoms with E-state index in [1.807, 2.05) is 0 Å². The molecule has 11 heavy (non-hydrogen) atoms. The van der Waals surface area contributed by atoms with Crippen molar-refractivity contribution in [1.29, 1.82) is 0 Å². The highest BCUT2D eigenvalue weighted by Gasteiger charge is 2.00. The molecule has 1 amide bonds. The Balaban J connectivity index is 3.01. The molecule has 0 saturated heterocycles. The van der Waals surface area contributed by atoms with Crippen LogP contribution in [-0.4, -0.2) is 10.9 Å². The number of hydrogen-bond donors (Lipinski definition) is 1. The average Bonchev–Trinajstić information content (AvgIpc) is 2.05. The van der Waals surface area contributed by atoms with E-state index in [0.717, 1.165) is 5.56 Å². The first-order valence-corrected chi connectivity index (χ1v) is 3.13. The van der Waals surface area contributed by atoms with Crippen LogP contribution < -0.4 is 11.5 Å². The van der Waals surface area contributed by atoms with E-state index in [2.05, 4.69) is 4.98 Å². The normalized spacial score (nSPS) is 9.55. The summed E-state index contributed by atoms with van der Waals surface area (Å²) in [7, 11) is 0. The van der Waals surface area contributed by atoms with Crippen LogP contribution in [0.25, 0.3) is 0 Å². The SMILES string of the molecule is [NH]Cc1ccnc(C(N)=O)c1. The first-order chi connectivity index (χ1) is 5.24. The van der Waals surface area contributed by atoms with Crippen molar-refractivity contribution in [1.82, 2.24) is 10.7 Å². The highest BCUT2D eigenvalue weighted by molar-refractivity contribution is 5.90. The summed E-state index contributed by atoms with van der Waals surface area (Å²) in [5, 5.41) is 0. The van der Waals surface area contributed by atoms with Crippen molar-refractivity contribution < 1.29 is 4.79 Å². The van der Waals surface area contributed by atoms with Gasteiger partial charge in [-0.3, -0.25) is 15.5 Å². The van der Waals surface area contributed by atoms with Crippen LogP contribution >= 0.6 is 0 Å². The van der Waals surface area contributed by atoms with E-state index in [-0.39, 0.29) is 12.2 Å². The quantitative estimate of drug-likeness (QED) is 0.642. The molecular formula is C7H8N3O. The van der Waals surface area contributed by atoms with Gasteiger partial charge in [0.25, 0.3) is 5.91 Å². The topological polar surface area (TPSA) is 79.8 Å². The maximum absolute atomic E-state index is 10.6. The Morgan fingerprint density at radius 3 is 3.00 bits per heavy atom. The molecular weight excluding hydrogens is 142 g/mol. The van der Waals surface area contributed by atoms with Gasteiger partial charge in [0, 0.05) is 12.7 Å². The molecule has 3 N–H and O–H groups in total. The van der Waals surface area contributed by atoms with E-state index >= 15 is 0 Å². The van der Waals surface area contributed by atoms with Crippen LogP contribution in [0.2, 0.25) is 0 Å². The summed E-state index contributed by atoms with van der Waals surface area (Å²) >= 11 is 0. The van der Waals surface area contributed by atoms with Gasteiger partial charge in [-0.15, -0.1) is 0 Å². The van der Waals surface area contributed by atoms with Crippen LogP contribution in [0.1, 0.15) is 16.1 Å². The predicted octanol–water partition coefficient (Wildman–Crippen LogP) is -0.0366. The van der Waals surface area contributed by atoms with E-state index in [1.54, 1.807) is 6.07 Å². The third-order valence-electron chi connectivity index (χ3n) is 1.28. The number of carbonyl (C=O) groups excluding carboxylic acids is 1. The fraction of sp³-hybridized carbons (Fsp3) is 0.143. The van der Waals surface area contributed by atoms with Crippen LogP contribution in [0, 0.1) is 0 Å². The molecule has 1 aromatic heterocycles. The maximum Gasteiger partial charge on any atom is 0.267 e. The van der Waals surface area contributed by atoms with Crippen LogP contribution in [0.5, 0.6) is 0 Å². The summed E-state index contributed by atoms with van der Waals surface area (Å²) in [4.78, 5) is 14.3. The van der Waals surface area contributed by atoms with Gasteiger partial charge in [0.1, 0.15) is 5.69 Å². The number of amides is 1. The Labute approximate surface area is 64.2 Å². The molecule has 1 radical (unpaired) electrons. The van der Waals surface area contributed by atoms with Gasteiger partial charge in [-0.25, -0.2) is 0 Å². The second-order valence-corrected chi connectivity index (χ2v) is 2.09. The molecule has 0 saturated carbocycles. The summed E-state index contributed by atoms with van der Waals surface area (Å²) in [5.74, 6) is -0.555. The minimum Gasteiger partial charge on any atom is -0.364 e. The van der Waals surface area contributed by atoms with Crippen LogP contribution in [-0.2, 0) is 6.54 Å². The van der Waals surface area contributed by atoms with Gasteiger partial charge in [0.15, 0.2) is 0 Å². The Morgan fingerprint density at radius 2 is 2.45 bits per heavy atom. The monoisotopic (exact) mass is 150 g/mol. The molecule has 4 heteroatoms. The average molecular weight is 150 g/mol. The number of hydrogen-bond acceptors (Lipinski definition) is 2. The van der Waals surface area contributed by atoms with Gasteiger partial charge in [0.05, 0.1) is 0 Å². The van der Waals surface area contributed by atoms with Crippen molar-refractivity contribution in [2.24, 2.45) is 5.73 Å². The van der Waals surface area contributed by atoms with Crippen molar-refractivity contribution in [3.63, 3.8) is 0 Å². The number of primary amides is 1. The zero-order valence-corrected chi connectivity index (χ0v) is 5.87. The molecule has 0 aliphatic rings. The molecule has 0 unspecified atom stereocenters. The molecule has 0 aliphatic carbocycles. The highest BCUT2D eigenvalue weighted by Crippen LogP contribution is 1.99. The van der Waals surface area contributed by atoms with Crippen molar-refractivity contribution in [2.45, 2.75) is 6.54 Å². The molecule has 0 aliphatic heterocycles. The van der Waals surface area contributed by atoms with Gasteiger partial charge in [-0.1, -0.05) is 0 Å². The number of pyridine rings is 1. The van der Waals surface area contributed by atoms with E-state index in [9.17, 15) is 4.79 Å². The Bertz CT molecular complexity index is 272. The Morgan fingerprint density at radius 1 is 1.73 bits per heavy atom. The fourth-order valence-corrected chi connectivity index (χ4v) is 0.719. The van der Waals surface area contributed by atoms with Crippen LogP contribution in [0.15, 0.2) is 18.3 Å². The molecule has 1 aromatic rings. The van der Waals surface area contributed by atoms with E-state index in [0.29, 0.717) is 0 Å². The van der Waals surface area contributed by atoms with Gasteiger partial charge in [0.2, 0.25) is 0 Å². The number of aromatic nitrogens is 1. The molecule has 4 nitrogen and oxygen atoms in total. The zero-order chi connectivity index (χ0) is 8.27. The van der Waals surface area contributed by atoms with E-state index in [4.69, 9.17) is 11.5 Å². The molecule has 1 heterocycles. The molecule has 1 rings (SSSR count). The summed E-state index contributed by atoms with van der Waals surface area (Å²) < 4.78 is 0. The highest BCUT2D eigenvalue weighted by atomic mass is 16.1. The lowest BCUT2D eigenvalue weighted by molar-refractivity contribution is 0.0995. The van der Waals surface area contributed by atoms with Gasteiger partial charge in [-0.2, -0.15) is 0 Å². The minimum absolute atomic E-state index is 0.142. The Kier molecular flexibility index (Phi) is 2.18. The number of rotatable bonds is 2. The lowest BCUT2D eigenvalue weighted by atomic mass is 10.2. The molecule has 0 fully saturated rings. The second kappa shape index (κ2) is 3.12. The van der Waals surface area contributed by atoms with Crippen molar-refractivity contribution in [3.05, 3.63) is 29.6 Å². The lowest BCUT2D eigenvalue weighted by Gasteiger charge is -1.96. The first kappa shape index (κ1) is 7.68. The van der Waals surface area contributed by atoms with Crippen molar-refractivity contribution in [3.8, 4) is 0 Å². The third kappa shape index (κ3) is 1.75. The number of nitrogens with one attached hydrogen (secondary N) is 1. The van der Waals surface area contributed by atoms with E-state index < -0.39 is 5.91 Å². The largest absolute Gasteiger partial charge is 0.364 e. The Hall–Kier alpha value is -1.42. The standard InChI is InChI=1S/C7H8N3O/c8-4-5-1-2-10-6(3-5)7(9)11/h1-3,8H,4H2,(H2,9,11). The molecule has 57 valence electrons. The minimum atomic E-state index is -0.555. The third-order valence-corrected chi connectivity index (χ3v) is 1.28. The number of nitrogens with two attached hydrogens (primary N) is 1. The molecule has 0 spiro atoms. The first-order valence-electron chi connectivity index (χ1n) is 3.13. The molecule has 0 aromatic carbocycles. The van der Waals surface area contributed by atoms with Crippen molar-refractivity contribution in [2.75, 3.05) is 0 Å². The maximum atomic E-state index is 10.6. The summed E-state index contributed by atoms with van der Waals surface area (Å²) in [6, 6.07) is 3.20. The lowest BCUT2D eigenvalue weighted by Crippen LogP contribution is -2.13. The smallest absolute Gasteiger partial charge is 0.267 e. The second-order valence-electron chi connectivity index (χ2n) is 2.09. The summed E-state index contributed by atoms with van der Waals surface area (Å²) in [5.41, 5.74) is 12.9. The van der Waals surface area contributed by atoms with Crippen LogP contribution in [0.4, 0.5) is 0 Å². The summed E-state index contributed by atoms with van der Waals surface area (Å²) in [6.45, 7) is 0.142. The van der Waals surface area contributed by atoms with Crippen LogP contribution in [0.3, 0.4) is 0 Å². The van der Waals surface area contributed by atoms with Crippen molar-refractivity contribution >= 4 is 5.91 Å². The van der Waals surface area contributed by atoms with Gasteiger partial charge in [-0.05, 0) is 17.7 Å².